The number of furan rings is 1. The molecule has 24 heavy (non-hydrogen) atoms. The lowest BCUT2D eigenvalue weighted by molar-refractivity contribution is -0.123. The van der Waals surface area contributed by atoms with Gasteiger partial charge in [0.05, 0.1) is 6.26 Å². The zero-order valence-corrected chi connectivity index (χ0v) is 14.3. The fourth-order valence-electron chi connectivity index (χ4n) is 3.41. The molecule has 4 nitrogen and oxygen atoms in total. The van der Waals surface area contributed by atoms with Crippen LogP contribution in [0.2, 0.25) is 0 Å². The van der Waals surface area contributed by atoms with Gasteiger partial charge in [-0.1, -0.05) is 37.3 Å². The Morgan fingerprint density at radius 2 is 1.96 bits per heavy atom. The first-order chi connectivity index (χ1) is 11.8. The summed E-state index contributed by atoms with van der Waals surface area (Å²) in [4.78, 5) is 15.0. The molecular weight excluding hydrogens is 300 g/mol. The third-order valence-corrected chi connectivity index (χ3v) is 4.89. The van der Waals surface area contributed by atoms with Crippen molar-refractivity contribution in [3.05, 3.63) is 60.1 Å². The van der Waals surface area contributed by atoms with Gasteiger partial charge >= 0.3 is 0 Å². The average molecular weight is 326 g/mol. The van der Waals surface area contributed by atoms with Crippen LogP contribution in [0.15, 0.2) is 53.1 Å². The van der Waals surface area contributed by atoms with Crippen LogP contribution in [0.4, 0.5) is 0 Å². The number of benzene rings is 1. The highest BCUT2D eigenvalue weighted by Crippen LogP contribution is 2.24. The molecular formula is C20H26N2O2. The molecule has 1 amide bonds. The zero-order chi connectivity index (χ0) is 16.8. The molecule has 3 rings (SSSR count). The third-order valence-electron chi connectivity index (χ3n) is 4.89. The van der Waals surface area contributed by atoms with Crippen LogP contribution in [-0.4, -0.2) is 30.4 Å². The van der Waals surface area contributed by atoms with Crippen molar-refractivity contribution < 1.29 is 9.21 Å². The van der Waals surface area contributed by atoms with Crippen molar-refractivity contribution >= 4 is 5.91 Å². The largest absolute Gasteiger partial charge is 0.467 e. The van der Waals surface area contributed by atoms with E-state index in [2.05, 4.69) is 17.1 Å². The summed E-state index contributed by atoms with van der Waals surface area (Å²) in [6.45, 7) is 5.51. The molecule has 1 saturated heterocycles. The van der Waals surface area contributed by atoms with Gasteiger partial charge in [0.1, 0.15) is 11.8 Å². The number of hydrogen-bond acceptors (Lipinski definition) is 3. The second-order valence-corrected chi connectivity index (χ2v) is 6.51. The summed E-state index contributed by atoms with van der Waals surface area (Å²) in [5.74, 6) is 1.37. The zero-order valence-electron chi connectivity index (χ0n) is 14.3. The first kappa shape index (κ1) is 16.8. The molecule has 1 aliphatic heterocycles. The van der Waals surface area contributed by atoms with E-state index in [1.807, 2.05) is 42.5 Å². The normalized spacial score (nSPS) is 17.5. The van der Waals surface area contributed by atoms with Gasteiger partial charge in [-0.15, -0.1) is 0 Å². The number of amides is 1. The summed E-state index contributed by atoms with van der Waals surface area (Å²) in [5.41, 5.74) is 1.04. The summed E-state index contributed by atoms with van der Waals surface area (Å²) >= 11 is 0. The molecule has 2 aromatic rings. The lowest BCUT2D eigenvalue weighted by Gasteiger charge is -2.31. The number of piperidine rings is 1. The molecule has 2 heterocycles. The van der Waals surface area contributed by atoms with E-state index in [0.29, 0.717) is 12.3 Å². The van der Waals surface area contributed by atoms with E-state index in [0.717, 1.165) is 43.8 Å². The van der Waals surface area contributed by atoms with Crippen LogP contribution >= 0.6 is 0 Å². The van der Waals surface area contributed by atoms with E-state index in [4.69, 9.17) is 4.42 Å². The van der Waals surface area contributed by atoms with E-state index in [1.165, 1.54) is 0 Å². The maximum absolute atomic E-state index is 12.6. The van der Waals surface area contributed by atoms with Gasteiger partial charge in [-0.2, -0.15) is 0 Å². The Balaban J connectivity index is 1.62. The average Bonchev–Trinajstić information content (AvgIpc) is 3.15. The number of likely N-dealkylation sites (tertiary alicyclic amines) is 1. The standard InChI is InChI=1S/C20H26N2O2/c1-2-22-12-10-16(11-13-22)15-19(23)21-20(18-9-6-14-24-18)17-7-4-3-5-8-17/h3-9,14,16,20H,2,10-13,15H2,1H3,(H,21,23)/t20-/m1/s1. The van der Waals surface area contributed by atoms with Crippen molar-refractivity contribution in [2.75, 3.05) is 19.6 Å². The van der Waals surface area contributed by atoms with Gasteiger partial charge in [-0.25, -0.2) is 0 Å². The quantitative estimate of drug-likeness (QED) is 0.882. The fraction of sp³-hybridized carbons (Fsp3) is 0.450. The minimum Gasteiger partial charge on any atom is -0.467 e. The first-order valence-electron chi connectivity index (χ1n) is 8.86. The van der Waals surface area contributed by atoms with Crippen molar-refractivity contribution in [1.82, 2.24) is 10.2 Å². The summed E-state index contributed by atoms with van der Waals surface area (Å²) in [7, 11) is 0. The van der Waals surface area contributed by atoms with Gasteiger partial charge in [-0.3, -0.25) is 4.79 Å². The van der Waals surface area contributed by atoms with Crippen molar-refractivity contribution in [2.24, 2.45) is 5.92 Å². The third kappa shape index (κ3) is 4.26. The van der Waals surface area contributed by atoms with E-state index in [1.54, 1.807) is 6.26 Å². The smallest absolute Gasteiger partial charge is 0.221 e. The van der Waals surface area contributed by atoms with Crippen molar-refractivity contribution in [1.29, 1.82) is 0 Å². The Hall–Kier alpha value is -2.07. The second-order valence-electron chi connectivity index (χ2n) is 6.51. The van der Waals surface area contributed by atoms with Crippen LogP contribution in [0.25, 0.3) is 0 Å². The van der Waals surface area contributed by atoms with Gasteiger partial charge in [0, 0.05) is 6.42 Å². The highest BCUT2D eigenvalue weighted by Gasteiger charge is 2.24. The van der Waals surface area contributed by atoms with E-state index in [-0.39, 0.29) is 11.9 Å². The molecule has 4 heteroatoms. The summed E-state index contributed by atoms with van der Waals surface area (Å²) in [5, 5.41) is 3.16. The highest BCUT2D eigenvalue weighted by atomic mass is 16.3. The lowest BCUT2D eigenvalue weighted by Crippen LogP contribution is -2.36. The second kappa shape index (κ2) is 8.15. The van der Waals surface area contributed by atoms with Crippen LogP contribution in [0.5, 0.6) is 0 Å². The molecule has 0 spiro atoms. The number of carbonyl (C=O) groups excluding carboxylic acids is 1. The van der Waals surface area contributed by atoms with Crippen LogP contribution in [0.3, 0.4) is 0 Å². The van der Waals surface area contributed by atoms with Crippen molar-refractivity contribution in [3.8, 4) is 0 Å². The predicted molar refractivity (Wildman–Crippen MR) is 94.6 cm³/mol. The molecule has 1 fully saturated rings. The first-order valence-corrected chi connectivity index (χ1v) is 8.86. The number of nitrogens with one attached hydrogen (secondary N) is 1. The molecule has 0 saturated carbocycles. The van der Waals surface area contributed by atoms with Crippen LogP contribution in [0, 0.1) is 5.92 Å². The van der Waals surface area contributed by atoms with Gasteiger partial charge < -0.3 is 14.6 Å². The Kier molecular flexibility index (Phi) is 5.70. The lowest BCUT2D eigenvalue weighted by atomic mass is 9.93. The Morgan fingerprint density at radius 1 is 1.21 bits per heavy atom. The van der Waals surface area contributed by atoms with Crippen molar-refractivity contribution in [2.45, 2.75) is 32.2 Å². The summed E-state index contributed by atoms with van der Waals surface area (Å²) in [6, 6.07) is 13.5. The molecule has 1 atom stereocenters. The molecule has 0 unspecified atom stereocenters. The molecule has 1 aromatic heterocycles. The highest BCUT2D eigenvalue weighted by molar-refractivity contribution is 5.77. The van der Waals surface area contributed by atoms with Gasteiger partial charge in [-0.05, 0) is 56.1 Å². The molecule has 0 aliphatic carbocycles. The Bertz CT molecular complexity index is 616. The number of hydrogen-bond donors (Lipinski definition) is 1. The van der Waals surface area contributed by atoms with Gasteiger partial charge in [0.2, 0.25) is 5.91 Å². The van der Waals surface area contributed by atoms with Crippen LogP contribution in [0.1, 0.15) is 43.6 Å². The summed E-state index contributed by atoms with van der Waals surface area (Å²) in [6.07, 6.45) is 4.47. The fourth-order valence-corrected chi connectivity index (χ4v) is 3.41. The molecule has 1 aliphatic rings. The van der Waals surface area contributed by atoms with E-state index < -0.39 is 0 Å². The molecule has 0 radical (unpaired) electrons. The van der Waals surface area contributed by atoms with Crippen LogP contribution in [-0.2, 0) is 4.79 Å². The monoisotopic (exact) mass is 326 g/mol. The number of nitrogens with zero attached hydrogens (tertiary/aromatic N) is 1. The minimum atomic E-state index is -0.218. The Morgan fingerprint density at radius 3 is 2.58 bits per heavy atom. The topological polar surface area (TPSA) is 45.5 Å². The molecule has 128 valence electrons. The Labute approximate surface area is 143 Å². The SMILES string of the molecule is CCN1CCC(CC(=O)N[C@H](c2ccccc2)c2ccco2)CC1. The maximum atomic E-state index is 12.6. The predicted octanol–water partition coefficient (Wildman–Crippen LogP) is 3.61. The minimum absolute atomic E-state index is 0.107. The number of carbonyl (C=O) groups is 1. The van der Waals surface area contributed by atoms with E-state index >= 15 is 0 Å². The van der Waals surface area contributed by atoms with E-state index in [9.17, 15) is 4.79 Å². The molecule has 1 N–H and O–H groups in total. The van der Waals surface area contributed by atoms with Gasteiger partial charge in [0.15, 0.2) is 0 Å². The van der Waals surface area contributed by atoms with Crippen molar-refractivity contribution in [3.63, 3.8) is 0 Å². The maximum Gasteiger partial charge on any atom is 0.221 e. The number of rotatable bonds is 6. The molecule has 1 aromatic carbocycles. The van der Waals surface area contributed by atoms with Crippen LogP contribution < -0.4 is 5.32 Å². The summed E-state index contributed by atoms with van der Waals surface area (Å²) < 4.78 is 5.55. The van der Waals surface area contributed by atoms with Gasteiger partial charge in [0.25, 0.3) is 0 Å². The molecule has 0 bridgehead atoms.